The summed E-state index contributed by atoms with van der Waals surface area (Å²) in [4.78, 5) is 114. The zero-order valence-corrected chi connectivity index (χ0v) is 53.8. The fraction of sp³-hybridized carbons (Fsp3) is 0.569. The average molecular weight is 1240 g/mol. The summed E-state index contributed by atoms with van der Waals surface area (Å²) < 4.78 is 49.6. The maximum absolute atomic E-state index is 16.3. The molecule has 1 amide bonds. The number of ketones is 1. The first-order valence-corrected chi connectivity index (χ1v) is 35.0. The van der Waals surface area contributed by atoms with Crippen LogP contribution < -0.4 is 5.32 Å². The molecule has 2 bridgehead atoms. The van der Waals surface area contributed by atoms with E-state index < -0.39 is 157 Å². The van der Waals surface area contributed by atoms with E-state index in [0.29, 0.717) is 33.9 Å². The van der Waals surface area contributed by atoms with Crippen molar-refractivity contribution in [1.82, 2.24) is 5.32 Å². The maximum atomic E-state index is 16.3. The Bertz CT molecular complexity index is 3020. The van der Waals surface area contributed by atoms with Gasteiger partial charge in [-0.1, -0.05) is 136 Å². The molecule has 3 aromatic carbocycles. The van der Waals surface area contributed by atoms with Gasteiger partial charge in [-0.2, -0.15) is 0 Å². The highest BCUT2D eigenvalue weighted by Crippen LogP contribution is 2.65. The first-order valence-electron chi connectivity index (χ1n) is 29.7. The number of fused-ring (bicyclic) bond motifs is 5. The van der Waals surface area contributed by atoms with Crippen molar-refractivity contribution in [2.45, 2.75) is 191 Å². The minimum absolute atomic E-state index is 0.0785. The minimum atomic E-state index is -2.95. The summed E-state index contributed by atoms with van der Waals surface area (Å²) in [6.07, 6.45) is -4.95. The second-order valence-electron chi connectivity index (χ2n) is 25.6. The number of unbranched alkanes of at least 4 members (excludes halogenated alkanes) is 1. The second-order valence-corrected chi connectivity index (χ2v) is 33.2. The molecule has 18 nitrogen and oxygen atoms in total. The van der Waals surface area contributed by atoms with Gasteiger partial charge in [-0.15, -0.1) is 0 Å². The van der Waals surface area contributed by atoms with Gasteiger partial charge in [0.1, 0.15) is 35.8 Å². The van der Waals surface area contributed by atoms with Crippen LogP contribution >= 0.6 is 21.6 Å². The Morgan fingerprint density at radius 2 is 1.42 bits per heavy atom. The fourth-order valence-corrected chi connectivity index (χ4v) is 17.4. The third-order valence-corrected chi connectivity index (χ3v) is 26.3. The van der Waals surface area contributed by atoms with E-state index in [1.54, 1.807) is 107 Å². The van der Waals surface area contributed by atoms with Gasteiger partial charge in [-0.3, -0.25) is 28.8 Å². The molecule has 5 aliphatic rings. The largest absolute Gasteiger partial charge is 0.461 e. The lowest BCUT2D eigenvalue weighted by molar-refractivity contribution is -0.346. The molecule has 0 aromatic heterocycles. The molecule has 2 saturated heterocycles. The number of carbonyl (C=O) groups excluding carboxylic acids is 8. The Hall–Kier alpha value is -5.84. The van der Waals surface area contributed by atoms with Gasteiger partial charge < -0.3 is 48.0 Å². The zero-order chi connectivity index (χ0) is 62.6. The highest BCUT2D eigenvalue weighted by atomic mass is 33.1. The molecule has 2 heterocycles. The van der Waals surface area contributed by atoms with E-state index in [1.807, 2.05) is 61.5 Å². The van der Waals surface area contributed by atoms with E-state index in [9.17, 15) is 33.9 Å². The Morgan fingerprint density at radius 1 is 0.814 bits per heavy atom. The quantitative estimate of drug-likeness (QED) is 0.0181. The molecule has 8 rings (SSSR count). The zero-order valence-electron chi connectivity index (χ0n) is 51.1. The number of aliphatic hydroxyl groups is 1. The molecule has 3 aromatic rings. The summed E-state index contributed by atoms with van der Waals surface area (Å²) in [5, 5.41) is 17.5. The van der Waals surface area contributed by atoms with Crippen LogP contribution in [0, 0.1) is 22.7 Å². The molecular weight excluding hydrogens is 1160 g/mol. The minimum Gasteiger partial charge on any atom is -0.461 e. The van der Waals surface area contributed by atoms with Gasteiger partial charge in [0, 0.05) is 54.1 Å². The van der Waals surface area contributed by atoms with Crippen LogP contribution in [0.3, 0.4) is 0 Å². The van der Waals surface area contributed by atoms with Gasteiger partial charge in [-0.25, -0.2) is 9.59 Å². The molecule has 0 spiro atoms. The third kappa shape index (κ3) is 13.7. The Balaban J connectivity index is 1.16. The molecule has 466 valence electrons. The van der Waals surface area contributed by atoms with E-state index in [0.717, 1.165) is 25.0 Å². The van der Waals surface area contributed by atoms with E-state index in [2.05, 4.69) is 5.32 Å². The number of ether oxygens (including phenoxy) is 7. The summed E-state index contributed by atoms with van der Waals surface area (Å²) in [6, 6.07) is 24.4. The normalized spacial score (nSPS) is 28.3. The standard InChI is InChI=1S/C65H83NO17S2Si/c1-39-46(79-60(74)54(83-86(10,11)61(4,5)6)53(42-23-15-12-16-24-42)66-58(72)43-25-17-13-18-26-43)36-65(75)57(81-59(73)44-27-19-14-20-28-44)55-63(9,56(71)40(2)52(39)62(65,7)8)47(35-48-64(55,37-76-48)82-41(3)67)80-51(70)32-31-50(69)78-38-77-49(68)30-22-21-29-45-33-34-84-85-45/h12-20,23-28,40,45-48,53-55,57,75H,21-22,29-38H2,1-11H3,(H,66,72)/t40-,45?,46+,47+,48?,53+,54-,55+,57+,63-,64+,65-/m1/s1. The molecule has 86 heavy (non-hydrogen) atoms. The fourth-order valence-electron chi connectivity index (χ4n) is 13.1. The summed E-state index contributed by atoms with van der Waals surface area (Å²) in [6.45, 7) is 18.6. The molecule has 4 fully saturated rings. The lowest BCUT2D eigenvalue weighted by Crippen LogP contribution is -2.81. The predicted octanol–water partition coefficient (Wildman–Crippen LogP) is 10.6. The van der Waals surface area contributed by atoms with Gasteiger partial charge in [0.2, 0.25) is 6.79 Å². The molecule has 0 radical (unpaired) electrons. The van der Waals surface area contributed by atoms with Crippen molar-refractivity contribution < 1.29 is 81.0 Å². The first-order chi connectivity index (χ1) is 40.6. The van der Waals surface area contributed by atoms with Crippen LogP contribution in [0.2, 0.25) is 18.1 Å². The number of benzene rings is 3. The van der Waals surface area contributed by atoms with Crippen LogP contribution in [-0.4, -0.2) is 127 Å². The SMILES string of the molecule is CC(=O)O[C@@]12COC1C[C@H](OC(=O)CCC(=O)OCOC(=O)CCCCC1CCSS1)[C@@]1(C)C(=O)[C@H](C)C3=C(C)[C@@H](OC(=O)[C@H](O[Si](C)(C)C(C)(C)C)[C@@H](NC(=O)c4ccccc4)c4ccccc4)C[C@@](O)([C@@H](OC(=O)c4ccccc4)[C@@H]12)C3(C)C. The van der Waals surface area contributed by atoms with Crippen molar-refractivity contribution in [2.75, 3.05) is 19.2 Å². The van der Waals surface area contributed by atoms with Gasteiger partial charge in [0.25, 0.3) is 5.91 Å². The molecule has 2 aliphatic heterocycles. The van der Waals surface area contributed by atoms with Crippen molar-refractivity contribution in [3.05, 3.63) is 119 Å². The monoisotopic (exact) mass is 1240 g/mol. The topological polar surface area (TPSA) is 243 Å². The average Bonchev–Trinajstić information content (AvgIpc) is 0.699. The number of rotatable bonds is 22. The van der Waals surface area contributed by atoms with Gasteiger partial charge in [0.05, 0.1) is 42.4 Å². The summed E-state index contributed by atoms with van der Waals surface area (Å²) in [5.74, 6) is -7.43. The number of hydrogen-bond acceptors (Lipinski definition) is 19. The molecule has 12 atom stereocenters. The van der Waals surface area contributed by atoms with E-state index in [-0.39, 0.29) is 25.0 Å². The maximum Gasteiger partial charge on any atom is 0.338 e. The molecule has 3 aliphatic carbocycles. The summed E-state index contributed by atoms with van der Waals surface area (Å²) in [5.41, 5.74) is -5.87. The number of amides is 1. The van der Waals surface area contributed by atoms with Gasteiger partial charge in [0.15, 0.2) is 20.0 Å². The van der Waals surface area contributed by atoms with Crippen LogP contribution in [0.5, 0.6) is 0 Å². The van der Waals surface area contributed by atoms with Gasteiger partial charge in [-0.05, 0) is 92.2 Å². The Morgan fingerprint density at radius 3 is 2.00 bits per heavy atom. The van der Waals surface area contributed by atoms with Crippen molar-refractivity contribution in [1.29, 1.82) is 0 Å². The number of nitrogens with one attached hydrogen (secondary N) is 1. The number of esters is 6. The van der Waals surface area contributed by atoms with E-state index in [4.69, 9.17) is 37.6 Å². The molecule has 2 saturated carbocycles. The Labute approximate surface area is 513 Å². The van der Waals surface area contributed by atoms with Crippen molar-refractivity contribution in [3.63, 3.8) is 0 Å². The molecular formula is C65H83NO17S2Si. The number of hydrogen-bond donors (Lipinski definition) is 2. The molecule has 2 unspecified atom stereocenters. The lowest BCUT2D eigenvalue weighted by atomic mass is 9.43. The summed E-state index contributed by atoms with van der Waals surface area (Å²) in [7, 11) is 0.790. The third-order valence-electron chi connectivity index (χ3n) is 18.8. The van der Waals surface area contributed by atoms with Crippen LogP contribution in [0.15, 0.2) is 102 Å². The van der Waals surface area contributed by atoms with Gasteiger partial charge >= 0.3 is 35.8 Å². The Kier molecular flexibility index (Phi) is 20.7. The van der Waals surface area contributed by atoms with Crippen LogP contribution in [-0.2, 0) is 66.4 Å². The second kappa shape index (κ2) is 26.9. The highest BCUT2D eigenvalue weighted by Gasteiger charge is 2.78. The number of Topliss-reactive ketones (excluding diaryl/α,β-unsaturated/α-hetero) is 1. The number of carbonyl (C=O) groups is 8. The van der Waals surface area contributed by atoms with Crippen LogP contribution in [0.4, 0.5) is 0 Å². The summed E-state index contributed by atoms with van der Waals surface area (Å²) >= 11 is 0. The van der Waals surface area contributed by atoms with Crippen molar-refractivity contribution in [2.24, 2.45) is 22.7 Å². The van der Waals surface area contributed by atoms with Crippen LogP contribution in [0.25, 0.3) is 0 Å². The van der Waals surface area contributed by atoms with E-state index in [1.165, 1.54) is 19.1 Å². The molecule has 21 heteroatoms. The van der Waals surface area contributed by atoms with Crippen LogP contribution in [0.1, 0.15) is 152 Å². The van der Waals surface area contributed by atoms with Crippen molar-refractivity contribution in [3.8, 4) is 0 Å². The van der Waals surface area contributed by atoms with E-state index >= 15 is 9.59 Å². The molecule has 2 N–H and O–H groups in total. The first kappa shape index (κ1) is 66.1. The van der Waals surface area contributed by atoms with Crippen molar-refractivity contribution >= 4 is 77.4 Å². The predicted molar refractivity (Wildman–Crippen MR) is 324 cm³/mol. The smallest absolute Gasteiger partial charge is 0.338 e. The lowest BCUT2D eigenvalue weighted by Gasteiger charge is -2.67. The highest BCUT2D eigenvalue weighted by molar-refractivity contribution is 8.77.